The Balaban J connectivity index is 0.00000144. The van der Waals surface area contributed by atoms with Crippen LogP contribution in [0.5, 0.6) is 0 Å². The maximum atomic E-state index is 11.4. The van der Waals surface area contributed by atoms with E-state index in [1.165, 1.54) is 12.7 Å². The number of rotatable bonds is 1. The van der Waals surface area contributed by atoms with Gasteiger partial charge in [0.2, 0.25) is 0 Å². The normalized spacial score (nSPS) is 20.4. The van der Waals surface area contributed by atoms with Gasteiger partial charge in [-0.3, -0.25) is 0 Å². The highest BCUT2D eigenvalue weighted by Crippen LogP contribution is 2.43. The number of ether oxygens (including phenoxy) is 1. The van der Waals surface area contributed by atoms with E-state index in [4.69, 9.17) is 10.5 Å². The lowest BCUT2D eigenvalue weighted by molar-refractivity contribution is 0.0600. The Kier molecular flexibility index (Phi) is 3.84. The molecule has 0 saturated heterocycles. The van der Waals surface area contributed by atoms with E-state index in [-0.39, 0.29) is 29.8 Å². The summed E-state index contributed by atoms with van der Waals surface area (Å²) in [5.74, 6) is -0.306. The van der Waals surface area contributed by atoms with Crippen molar-refractivity contribution in [3.05, 3.63) is 34.9 Å². The molecule has 1 aromatic rings. The van der Waals surface area contributed by atoms with Gasteiger partial charge in [-0.15, -0.1) is 12.4 Å². The standard InChI is InChI=1S/C13H17NO2.ClH/c1-13(2)7-11(14)9-6-8(12(15)16-3)4-5-10(9)13;/h4-6,11H,7,14H2,1-3H3;1H. The largest absolute Gasteiger partial charge is 0.465 e. The van der Waals surface area contributed by atoms with Gasteiger partial charge >= 0.3 is 5.97 Å². The van der Waals surface area contributed by atoms with E-state index in [9.17, 15) is 4.79 Å². The van der Waals surface area contributed by atoms with E-state index in [1.54, 1.807) is 0 Å². The van der Waals surface area contributed by atoms with Gasteiger partial charge in [0.1, 0.15) is 0 Å². The van der Waals surface area contributed by atoms with Gasteiger partial charge in [0.05, 0.1) is 12.7 Å². The number of nitrogens with two attached hydrogens (primary N) is 1. The molecule has 1 aromatic carbocycles. The molecule has 0 fully saturated rings. The van der Waals surface area contributed by atoms with E-state index in [2.05, 4.69) is 13.8 Å². The van der Waals surface area contributed by atoms with Gasteiger partial charge < -0.3 is 10.5 Å². The molecule has 0 saturated carbocycles. The zero-order valence-corrected chi connectivity index (χ0v) is 11.1. The van der Waals surface area contributed by atoms with Crippen LogP contribution in [0.2, 0.25) is 0 Å². The van der Waals surface area contributed by atoms with Gasteiger partial charge in [0.25, 0.3) is 0 Å². The highest BCUT2D eigenvalue weighted by molar-refractivity contribution is 5.89. The Morgan fingerprint density at radius 1 is 1.47 bits per heavy atom. The Labute approximate surface area is 108 Å². The summed E-state index contributed by atoms with van der Waals surface area (Å²) in [6.45, 7) is 4.35. The van der Waals surface area contributed by atoms with Gasteiger partial charge in [-0.25, -0.2) is 4.79 Å². The lowest BCUT2D eigenvalue weighted by atomic mass is 9.86. The summed E-state index contributed by atoms with van der Waals surface area (Å²) in [4.78, 5) is 11.4. The Bertz CT molecular complexity index is 443. The number of carbonyl (C=O) groups is 1. The van der Waals surface area contributed by atoms with Crippen molar-refractivity contribution < 1.29 is 9.53 Å². The Morgan fingerprint density at radius 2 is 2.12 bits per heavy atom. The molecule has 1 atom stereocenters. The molecule has 0 bridgehead atoms. The summed E-state index contributed by atoms with van der Waals surface area (Å²) in [6.07, 6.45) is 0.924. The van der Waals surface area contributed by atoms with Crippen LogP contribution in [0.4, 0.5) is 0 Å². The van der Waals surface area contributed by atoms with Crippen LogP contribution in [0.1, 0.15) is 47.8 Å². The van der Waals surface area contributed by atoms with Crippen LogP contribution in [-0.4, -0.2) is 13.1 Å². The minimum Gasteiger partial charge on any atom is -0.465 e. The summed E-state index contributed by atoms with van der Waals surface area (Å²) in [6, 6.07) is 5.69. The summed E-state index contributed by atoms with van der Waals surface area (Å²) in [7, 11) is 1.39. The summed E-state index contributed by atoms with van der Waals surface area (Å²) in [5, 5.41) is 0. The first-order chi connectivity index (χ1) is 7.45. The van der Waals surface area contributed by atoms with Gasteiger partial charge in [0.15, 0.2) is 0 Å². The second-order valence-electron chi connectivity index (χ2n) is 4.99. The van der Waals surface area contributed by atoms with Gasteiger partial charge in [-0.05, 0) is 35.1 Å². The van der Waals surface area contributed by atoms with Crippen molar-refractivity contribution in [2.75, 3.05) is 7.11 Å². The summed E-state index contributed by atoms with van der Waals surface area (Å²) < 4.78 is 4.70. The second kappa shape index (κ2) is 4.67. The molecule has 1 unspecified atom stereocenters. The lowest BCUT2D eigenvalue weighted by Crippen LogP contribution is -2.14. The van der Waals surface area contributed by atoms with Crippen molar-refractivity contribution in [1.82, 2.24) is 0 Å². The van der Waals surface area contributed by atoms with Crippen molar-refractivity contribution in [1.29, 1.82) is 0 Å². The highest BCUT2D eigenvalue weighted by Gasteiger charge is 2.35. The molecule has 17 heavy (non-hydrogen) atoms. The molecule has 4 heteroatoms. The van der Waals surface area contributed by atoms with Gasteiger partial charge in [-0.1, -0.05) is 19.9 Å². The molecule has 0 radical (unpaired) electrons. The third kappa shape index (κ3) is 2.31. The quantitative estimate of drug-likeness (QED) is 0.785. The SMILES string of the molecule is COC(=O)c1ccc2c(c1)C(N)CC2(C)C.Cl. The van der Waals surface area contributed by atoms with Gasteiger partial charge in [0, 0.05) is 6.04 Å². The van der Waals surface area contributed by atoms with E-state index in [1.807, 2.05) is 18.2 Å². The van der Waals surface area contributed by atoms with Crippen molar-refractivity contribution >= 4 is 18.4 Å². The van der Waals surface area contributed by atoms with Crippen molar-refractivity contribution in [3.63, 3.8) is 0 Å². The number of fused-ring (bicyclic) bond motifs is 1. The number of carbonyl (C=O) groups excluding carboxylic acids is 1. The Hall–Kier alpha value is -1.06. The van der Waals surface area contributed by atoms with Crippen LogP contribution in [0.3, 0.4) is 0 Å². The molecule has 0 aromatic heterocycles. The van der Waals surface area contributed by atoms with Gasteiger partial charge in [-0.2, -0.15) is 0 Å². The molecule has 0 amide bonds. The Morgan fingerprint density at radius 3 is 2.71 bits per heavy atom. The number of hydrogen-bond donors (Lipinski definition) is 1. The number of benzene rings is 1. The smallest absolute Gasteiger partial charge is 0.337 e. The van der Waals surface area contributed by atoms with E-state index in [0.717, 1.165) is 12.0 Å². The van der Waals surface area contributed by atoms with E-state index < -0.39 is 0 Å². The number of hydrogen-bond acceptors (Lipinski definition) is 3. The zero-order valence-electron chi connectivity index (χ0n) is 10.3. The zero-order chi connectivity index (χ0) is 11.9. The van der Waals surface area contributed by atoms with Crippen molar-refractivity contribution in [2.45, 2.75) is 31.7 Å². The van der Waals surface area contributed by atoms with Crippen LogP contribution in [0.25, 0.3) is 0 Å². The summed E-state index contributed by atoms with van der Waals surface area (Å²) in [5.41, 5.74) is 9.08. The topological polar surface area (TPSA) is 52.3 Å². The maximum absolute atomic E-state index is 11.4. The van der Waals surface area contributed by atoms with Crippen LogP contribution in [0.15, 0.2) is 18.2 Å². The average molecular weight is 256 g/mol. The van der Waals surface area contributed by atoms with Crippen molar-refractivity contribution in [2.24, 2.45) is 5.73 Å². The molecular formula is C13H18ClNO2. The third-order valence-electron chi connectivity index (χ3n) is 3.33. The predicted octanol–water partition coefficient (Wildman–Crippen LogP) is 2.58. The fraction of sp³-hybridized carbons (Fsp3) is 0.462. The molecule has 0 heterocycles. The molecule has 1 aliphatic rings. The van der Waals surface area contributed by atoms with Crippen LogP contribution >= 0.6 is 12.4 Å². The average Bonchev–Trinajstić information content (AvgIpc) is 2.48. The second-order valence-corrected chi connectivity index (χ2v) is 4.99. The molecule has 0 aliphatic heterocycles. The first-order valence-electron chi connectivity index (χ1n) is 5.44. The molecule has 3 nitrogen and oxygen atoms in total. The van der Waals surface area contributed by atoms with E-state index in [0.29, 0.717) is 5.56 Å². The molecular weight excluding hydrogens is 238 g/mol. The molecule has 0 spiro atoms. The minimum atomic E-state index is -0.306. The third-order valence-corrected chi connectivity index (χ3v) is 3.33. The number of halogens is 1. The molecule has 1 aliphatic carbocycles. The van der Waals surface area contributed by atoms with Crippen LogP contribution in [0, 0.1) is 0 Å². The highest BCUT2D eigenvalue weighted by atomic mass is 35.5. The molecule has 94 valence electrons. The molecule has 2 N–H and O–H groups in total. The molecule has 2 rings (SSSR count). The number of esters is 1. The van der Waals surface area contributed by atoms with E-state index >= 15 is 0 Å². The number of methoxy groups -OCH3 is 1. The van der Waals surface area contributed by atoms with Crippen molar-refractivity contribution in [3.8, 4) is 0 Å². The fourth-order valence-electron chi connectivity index (χ4n) is 2.50. The first kappa shape index (κ1) is 14.0. The van der Waals surface area contributed by atoms with Crippen LogP contribution < -0.4 is 5.73 Å². The first-order valence-corrected chi connectivity index (χ1v) is 5.44. The summed E-state index contributed by atoms with van der Waals surface area (Å²) >= 11 is 0. The predicted molar refractivity (Wildman–Crippen MR) is 69.6 cm³/mol. The maximum Gasteiger partial charge on any atom is 0.337 e. The monoisotopic (exact) mass is 255 g/mol. The lowest BCUT2D eigenvalue weighted by Gasteiger charge is -2.18. The fourth-order valence-corrected chi connectivity index (χ4v) is 2.50. The van der Waals surface area contributed by atoms with Crippen LogP contribution in [-0.2, 0) is 10.2 Å². The minimum absolute atomic E-state index is 0.